The van der Waals surface area contributed by atoms with Gasteiger partial charge in [0, 0.05) is 25.7 Å². The quantitative estimate of drug-likeness (QED) is 0.453. The average molecular weight is 479 g/mol. The van der Waals surface area contributed by atoms with E-state index in [1.54, 1.807) is 24.3 Å². The Labute approximate surface area is 203 Å². The highest BCUT2D eigenvalue weighted by Gasteiger charge is 2.32. The fourth-order valence-corrected chi connectivity index (χ4v) is 4.79. The number of hydrogen-bond donors (Lipinski definition) is 1. The fourth-order valence-electron chi connectivity index (χ4n) is 4.79. The summed E-state index contributed by atoms with van der Waals surface area (Å²) in [6, 6.07) is 21.1. The van der Waals surface area contributed by atoms with Gasteiger partial charge in [-0.1, -0.05) is 54.6 Å². The van der Waals surface area contributed by atoms with Gasteiger partial charge in [0.05, 0.1) is 12.5 Å². The lowest BCUT2D eigenvalue weighted by molar-refractivity contribution is -0.121. The van der Waals surface area contributed by atoms with Crippen molar-refractivity contribution in [3.05, 3.63) is 107 Å². The number of ketones is 1. The monoisotopic (exact) mass is 478 g/mol. The van der Waals surface area contributed by atoms with Crippen LogP contribution in [-0.4, -0.2) is 52.5 Å². The molecule has 7 heteroatoms. The summed E-state index contributed by atoms with van der Waals surface area (Å²) >= 11 is 0. The Hall–Kier alpha value is -3.58. The molecule has 1 aliphatic rings. The first-order valence-corrected chi connectivity index (χ1v) is 11.7. The number of Topliss-reactive ketones (excluding diaryl/α,β-unsaturated/α-hetero) is 1. The standard InChI is InChI=1S/C28H28F2N2O3/c29-23-12-8-21(9-13-23)27(22-10-14-24(30)15-11-22)26(33)19-31(17-20-5-2-1-3-6-20)18-25-7-4-16-32(25)28(34)35/h1-3,5-6,8-15,25,27H,4,7,16-19H2,(H,34,35)/t25-/m0/s1. The van der Waals surface area contributed by atoms with Gasteiger partial charge in [-0.3, -0.25) is 9.69 Å². The molecular formula is C28H28F2N2O3. The number of carbonyl (C=O) groups excluding carboxylic acids is 1. The van der Waals surface area contributed by atoms with Gasteiger partial charge in [-0.15, -0.1) is 0 Å². The first-order valence-electron chi connectivity index (χ1n) is 11.7. The number of rotatable bonds is 9. The summed E-state index contributed by atoms with van der Waals surface area (Å²) in [5.74, 6) is -1.63. The predicted octanol–water partition coefficient (Wildman–Crippen LogP) is 5.31. The third-order valence-corrected chi connectivity index (χ3v) is 6.45. The van der Waals surface area contributed by atoms with Gasteiger partial charge in [0.15, 0.2) is 5.78 Å². The fraction of sp³-hybridized carbons (Fsp3) is 0.286. The van der Waals surface area contributed by atoms with E-state index in [-0.39, 0.29) is 18.4 Å². The first-order chi connectivity index (χ1) is 16.9. The molecule has 1 atom stereocenters. The molecule has 1 heterocycles. The number of carboxylic acid groups (broad SMARTS) is 1. The van der Waals surface area contributed by atoms with Crippen molar-refractivity contribution in [2.24, 2.45) is 0 Å². The third-order valence-electron chi connectivity index (χ3n) is 6.45. The second-order valence-electron chi connectivity index (χ2n) is 8.93. The van der Waals surface area contributed by atoms with Crippen molar-refractivity contribution < 1.29 is 23.5 Å². The Morgan fingerprint density at radius 3 is 2.03 bits per heavy atom. The zero-order valence-corrected chi connectivity index (χ0v) is 19.3. The van der Waals surface area contributed by atoms with E-state index in [1.165, 1.54) is 29.2 Å². The largest absolute Gasteiger partial charge is 0.465 e. The third kappa shape index (κ3) is 6.31. The molecule has 1 saturated heterocycles. The van der Waals surface area contributed by atoms with Crippen molar-refractivity contribution in [1.82, 2.24) is 9.80 Å². The van der Waals surface area contributed by atoms with Gasteiger partial charge in [-0.25, -0.2) is 13.6 Å². The molecule has 0 bridgehead atoms. The maximum Gasteiger partial charge on any atom is 0.407 e. The van der Waals surface area contributed by atoms with Crippen molar-refractivity contribution in [3.63, 3.8) is 0 Å². The van der Waals surface area contributed by atoms with E-state index in [1.807, 2.05) is 35.2 Å². The van der Waals surface area contributed by atoms with Gasteiger partial charge in [0.1, 0.15) is 11.6 Å². The first kappa shape index (κ1) is 24.5. The normalized spacial score (nSPS) is 15.7. The molecule has 0 saturated carbocycles. The number of hydrogen-bond acceptors (Lipinski definition) is 3. The molecular weight excluding hydrogens is 450 g/mol. The van der Waals surface area contributed by atoms with Gasteiger partial charge in [0.25, 0.3) is 0 Å². The SMILES string of the molecule is O=C(CN(Cc1ccccc1)C[C@@H]1CCCN1C(=O)O)C(c1ccc(F)cc1)c1ccc(F)cc1. The van der Waals surface area contributed by atoms with E-state index in [0.717, 1.165) is 18.4 Å². The van der Waals surface area contributed by atoms with Crippen LogP contribution in [0.15, 0.2) is 78.9 Å². The highest BCUT2D eigenvalue weighted by atomic mass is 19.1. The zero-order chi connectivity index (χ0) is 24.8. The summed E-state index contributed by atoms with van der Waals surface area (Å²) in [5.41, 5.74) is 2.26. The summed E-state index contributed by atoms with van der Waals surface area (Å²) in [6.07, 6.45) is 0.581. The van der Waals surface area contributed by atoms with Crippen molar-refractivity contribution >= 4 is 11.9 Å². The highest BCUT2D eigenvalue weighted by molar-refractivity contribution is 5.90. The number of amides is 1. The Morgan fingerprint density at radius 1 is 0.914 bits per heavy atom. The molecule has 5 nitrogen and oxygen atoms in total. The number of nitrogens with zero attached hydrogens (tertiary/aromatic N) is 2. The Balaban J connectivity index is 1.61. The molecule has 3 aromatic rings. The van der Waals surface area contributed by atoms with E-state index in [0.29, 0.717) is 30.8 Å². The maximum atomic E-state index is 13.7. The van der Waals surface area contributed by atoms with Crippen molar-refractivity contribution in [2.45, 2.75) is 31.3 Å². The average Bonchev–Trinajstić information content (AvgIpc) is 3.31. The molecule has 182 valence electrons. The van der Waals surface area contributed by atoms with Crippen LogP contribution in [0, 0.1) is 11.6 Å². The van der Waals surface area contributed by atoms with Crippen molar-refractivity contribution in [3.8, 4) is 0 Å². The second-order valence-corrected chi connectivity index (χ2v) is 8.93. The van der Waals surface area contributed by atoms with Crippen LogP contribution in [0.1, 0.15) is 35.4 Å². The highest BCUT2D eigenvalue weighted by Crippen LogP contribution is 2.28. The summed E-state index contributed by atoms with van der Waals surface area (Å²) in [4.78, 5) is 28.9. The van der Waals surface area contributed by atoms with Crippen LogP contribution in [0.4, 0.5) is 13.6 Å². The van der Waals surface area contributed by atoms with E-state index in [2.05, 4.69) is 0 Å². The molecule has 0 unspecified atom stereocenters. The summed E-state index contributed by atoms with van der Waals surface area (Å²) in [5, 5.41) is 9.58. The summed E-state index contributed by atoms with van der Waals surface area (Å²) in [6.45, 7) is 1.46. The van der Waals surface area contributed by atoms with Gasteiger partial charge in [-0.2, -0.15) is 0 Å². The zero-order valence-electron chi connectivity index (χ0n) is 19.3. The smallest absolute Gasteiger partial charge is 0.407 e. The second kappa shape index (κ2) is 11.2. The molecule has 3 aromatic carbocycles. The van der Waals surface area contributed by atoms with E-state index >= 15 is 0 Å². The molecule has 0 radical (unpaired) electrons. The molecule has 0 aliphatic carbocycles. The van der Waals surface area contributed by atoms with Crippen LogP contribution in [0.2, 0.25) is 0 Å². The van der Waals surface area contributed by atoms with E-state index < -0.39 is 23.6 Å². The number of halogens is 2. The lowest BCUT2D eigenvalue weighted by Crippen LogP contribution is -2.44. The van der Waals surface area contributed by atoms with Crippen molar-refractivity contribution in [2.75, 3.05) is 19.6 Å². The van der Waals surface area contributed by atoms with Gasteiger partial charge >= 0.3 is 6.09 Å². The lowest BCUT2D eigenvalue weighted by atomic mass is 9.87. The summed E-state index contributed by atoms with van der Waals surface area (Å²) in [7, 11) is 0. The number of benzene rings is 3. The Morgan fingerprint density at radius 2 is 1.49 bits per heavy atom. The van der Waals surface area contributed by atoms with Crippen molar-refractivity contribution in [1.29, 1.82) is 0 Å². The van der Waals surface area contributed by atoms with Gasteiger partial charge in [0.2, 0.25) is 0 Å². The molecule has 0 spiro atoms. The molecule has 1 aliphatic heterocycles. The van der Waals surface area contributed by atoms with Crippen LogP contribution in [-0.2, 0) is 11.3 Å². The van der Waals surface area contributed by atoms with Gasteiger partial charge < -0.3 is 10.0 Å². The predicted molar refractivity (Wildman–Crippen MR) is 129 cm³/mol. The minimum Gasteiger partial charge on any atom is -0.465 e. The topological polar surface area (TPSA) is 60.9 Å². The van der Waals surface area contributed by atoms with Gasteiger partial charge in [-0.05, 0) is 53.8 Å². The van der Waals surface area contributed by atoms with E-state index in [4.69, 9.17) is 0 Å². The molecule has 1 amide bonds. The number of likely N-dealkylation sites (tertiary alicyclic amines) is 1. The summed E-state index contributed by atoms with van der Waals surface area (Å²) < 4.78 is 27.2. The van der Waals surface area contributed by atoms with Crippen LogP contribution < -0.4 is 0 Å². The Bertz CT molecular complexity index is 1090. The minimum atomic E-state index is -0.950. The molecule has 1 N–H and O–H groups in total. The van der Waals surface area contributed by atoms with E-state index in [9.17, 15) is 23.5 Å². The molecule has 4 rings (SSSR count). The molecule has 0 aromatic heterocycles. The molecule has 35 heavy (non-hydrogen) atoms. The van der Waals surface area contributed by atoms with Crippen LogP contribution in [0.5, 0.6) is 0 Å². The molecule has 1 fully saturated rings. The number of carbonyl (C=O) groups is 2. The van der Waals surface area contributed by atoms with Crippen LogP contribution in [0.3, 0.4) is 0 Å². The van der Waals surface area contributed by atoms with Crippen LogP contribution in [0.25, 0.3) is 0 Å². The maximum absolute atomic E-state index is 13.7. The lowest BCUT2D eigenvalue weighted by Gasteiger charge is -2.30. The Kier molecular flexibility index (Phi) is 7.87. The minimum absolute atomic E-state index is 0.0677. The van der Waals surface area contributed by atoms with Crippen LogP contribution >= 0.6 is 0 Å².